The first-order valence-electron chi connectivity index (χ1n) is 11.1. The first-order valence-corrected chi connectivity index (χ1v) is 12.9. The van der Waals surface area contributed by atoms with Gasteiger partial charge in [-0.05, 0) is 35.7 Å². The molecule has 1 unspecified atom stereocenters. The second kappa shape index (κ2) is 10.4. The number of thioether (sulfide) groups is 1. The van der Waals surface area contributed by atoms with E-state index < -0.39 is 23.7 Å². The maximum atomic E-state index is 13.9. The van der Waals surface area contributed by atoms with E-state index >= 15 is 0 Å². The Balaban J connectivity index is 1.33. The van der Waals surface area contributed by atoms with Gasteiger partial charge < -0.3 is 10.6 Å². The Morgan fingerprint density at radius 3 is 2.64 bits per heavy atom. The van der Waals surface area contributed by atoms with Crippen molar-refractivity contribution in [2.75, 3.05) is 11.1 Å². The Morgan fingerprint density at radius 2 is 1.83 bits per heavy atom. The van der Waals surface area contributed by atoms with E-state index in [0.29, 0.717) is 28.8 Å². The SMILES string of the molecule is O=C(CC1C(=O)N=C2c3ccccc3N=C(SCC(=O)Nc3ccccc3F)N21)NCc1cccs1. The monoisotopic (exact) mass is 521 g/mol. The van der Waals surface area contributed by atoms with Gasteiger partial charge in [-0.2, -0.15) is 4.99 Å². The summed E-state index contributed by atoms with van der Waals surface area (Å²) in [5, 5.41) is 7.68. The van der Waals surface area contributed by atoms with Crippen LogP contribution in [0.2, 0.25) is 0 Å². The van der Waals surface area contributed by atoms with E-state index in [2.05, 4.69) is 20.6 Å². The highest BCUT2D eigenvalue weighted by Gasteiger charge is 2.42. The fourth-order valence-corrected chi connectivity index (χ4v) is 5.32. The summed E-state index contributed by atoms with van der Waals surface area (Å²) >= 11 is 2.62. The lowest BCUT2D eigenvalue weighted by molar-refractivity contribution is -0.126. The lowest BCUT2D eigenvalue weighted by Crippen LogP contribution is -2.46. The molecule has 182 valence electrons. The number of nitrogens with zero attached hydrogens (tertiary/aromatic N) is 3. The third-order valence-electron chi connectivity index (χ3n) is 5.51. The van der Waals surface area contributed by atoms with Crippen LogP contribution < -0.4 is 10.6 Å². The highest BCUT2D eigenvalue weighted by molar-refractivity contribution is 8.14. The number of hydrogen-bond donors (Lipinski definition) is 2. The van der Waals surface area contributed by atoms with Crippen molar-refractivity contribution in [2.24, 2.45) is 9.98 Å². The molecule has 8 nitrogen and oxygen atoms in total. The van der Waals surface area contributed by atoms with Gasteiger partial charge >= 0.3 is 0 Å². The van der Waals surface area contributed by atoms with Gasteiger partial charge in [0, 0.05) is 10.4 Å². The molecule has 1 atom stereocenters. The number of thiophene rings is 1. The second-order valence-electron chi connectivity index (χ2n) is 7.95. The first kappa shape index (κ1) is 23.9. The topological polar surface area (TPSA) is 103 Å². The highest BCUT2D eigenvalue weighted by atomic mass is 32.2. The number of aliphatic imine (C=N–C) groups is 2. The maximum absolute atomic E-state index is 13.9. The summed E-state index contributed by atoms with van der Waals surface area (Å²) in [7, 11) is 0. The van der Waals surface area contributed by atoms with Crippen molar-refractivity contribution in [2.45, 2.75) is 19.0 Å². The molecule has 0 saturated carbocycles. The molecular weight excluding hydrogens is 501 g/mol. The molecule has 2 aliphatic heterocycles. The minimum Gasteiger partial charge on any atom is -0.351 e. The maximum Gasteiger partial charge on any atom is 0.271 e. The number of hydrogen-bond acceptors (Lipinski definition) is 7. The van der Waals surface area contributed by atoms with Crippen molar-refractivity contribution >= 4 is 63.2 Å². The van der Waals surface area contributed by atoms with Crippen LogP contribution in [-0.4, -0.2) is 45.4 Å². The number of rotatable bonds is 7. The third-order valence-corrected chi connectivity index (χ3v) is 7.34. The van der Waals surface area contributed by atoms with E-state index in [0.717, 1.165) is 16.6 Å². The van der Waals surface area contributed by atoms with Gasteiger partial charge in [0.2, 0.25) is 11.8 Å². The van der Waals surface area contributed by atoms with E-state index in [9.17, 15) is 18.8 Å². The van der Waals surface area contributed by atoms with Crippen LogP contribution in [0.15, 0.2) is 76.0 Å². The average molecular weight is 522 g/mol. The zero-order valence-electron chi connectivity index (χ0n) is 18.8. The quantitative estimate of drug-likeness (QED) is 0.491. The van der Waals surface area contributed by atoms with Gasteiger partial charge in [-0.25, -0.2) is 9.38 Å². The van der Waals surface area contributed by atoms with Gasteiger partial charge in [0.15, 0.2) is 5.17 Å². The summed E-state index contributed by atoms with van der Waals surface area (Å²) in [6.45, 7) is 0.375. The van der Waals surface area contributed by atoms with Crippen molar-refractivity contribution in [1.29, 1.82) is 0 Å². The number of amidine groups is 2. The average Bonchev–Trinajstić information content (AvgIpc) is 3.51. The Labute approximate surface area is 214 Å². The summed E-state index contributed by atoms with van der Waals surface area (Å²) in [5.41, 5.74) is 1.37. The molecule has 3 heterocycles. The van der Waals surface area contributed by atoms with Crippen LogP contribution in [-0.2, 0) is 20.9 Å². The van der Waals surface area contributed by atoms with E-state index in [4.69, 9.17) is 0 Å². The molecule has 3 aromatic rings. The number of amides is 3. The molecule has 1 aromatic heterocycles. The Morgan fingerprint density at radius 1 is 1.03 bits per heavy atom. The summed E-state index contributed by atoms with van der Waals surface area (Å²) < 4.78 is 13.9. The summed E-state index contributed by atoms with van der Waals surface area (Å²) in [4.78, 5) is 49.6. The van der Waals surface area contributed by atoms with Crippen LogP contribution in [0, 0.1) is 5.82 Å². The molecule has 11 heteroatoms. The molecule has 2 N–H and O–H groups in total. The number of para-hydroxylation sites is 2. The fourth-order valence-electron chi connectivity index (χ4n) is 3.83. The largest absolute Gasteiger partial charge is 0.351 e. The normalized spacial score (nSPS) is 16.1. The Kier molecular flexibility index (Phi) is 6.92. The number of carbonyl (C=O) groups is 3. The van der Waals surface area contributed by atoms with Gasteiger partial charge in [-0.3, -0.25) is 19.3 Å². The third kappa shape index (κ3) is 5.07. The molecule has 5 rings (SSSR count). The molecule has 3 amide bonds. The molecule has 2 aliphatic rings. The molecule has 0 saturated heterocycles. The number of nitrogens with one attached hydrogen (secondary N) is 2. The number of anilines is 1. The van der Waals surface area contributed by atoms with E-state index in [-0.39, 0.29) is 23.8 Å². The minimum atomic E-state index is -0.877. The second-order valence-corrected chi connectivity index (χ2v) is 9.92. The van der Waals surface area contributed by atoms with E-state index in [1.54, 1.807) is 17.0 Å². The lowest BCUT2D eigenvalue weighted by Gasteiger charge is -2.30. The van der Waals surface area contributed by atoms with Gasteiger partial charge in [0.1, 0.15) is 17.7 Å². The van der Waals surface area contributed by atoms with Crippen molar-refractivity contribution in [1.82, 2.24) is 10.2 Å². The molecule has 0 fully saturated rings. The van der Waals surface area contributed by atoms with Crippen molar-refractivity contribution < 1.29 is 18.8 Å². The predicted octanol–water partition coefficient (Wildman–Crippen LogP) is 3.92. The van der Waals surface area contributed by atoms with Crippen molar-refractivity contribution in [3.05, 3.63) is 82.3 Å². The number of benzene rings is 2. The van der Waals surface area contributed by atoms with Crippen molar-refractivity contribution in [3.63, 3.8) is 0 Å². The van der Waals surface area contributed by atoms with E-state index in [1.165, 1.54) is 29.5 Å². The molecule has 2 aromatic carbocycles. The molecule has 0 radical (unpaired) electrons. The number of halogens is 1. The van der Waals surface area contributed by atoms with Gasteiger partial charge in [0.25, 0.3) is 5.91 Å². The van der Waals surface area contributed by atoms with Gasteiger partial charge in [0.05, 0.1) is 30.1 Å². The smallest absolute Gasteiger partial charge is 0.271 e. The predicted molar refractivity (Wildman–Crippen MR) is 139 cm³/mol. The summed E-state index contributed by atoms with van der Waals surface area (Å²) in [6.07, 6.45) is -0.111. The van der Waals surface area contributed by atoms with Gasteiger partial charge in [-0.15, -0.1) is 11.3 Å². The van der Waals surface area contributed by atoms with Crippen LogP contribution in [0.1, 0.15) is 16.9 Å². The summed E-state index contributed by atoms with van der Waals surface area (Å²) in [5.74, 6) is -1.38. The molecular formula is C25H20FN5O3S2. The van der Waals surface area contributed by atoms with Crippen LogP contribution in [0.4, 0.5) is 15.8 Å². The lowest BCUT2D eigenvalue weighted by atomic mass is 10.1. The van der Waals surface area contributed by atoms with Crippen LogP contribution in [0.25, 0.3) is 0 Å². The fraction of sp³-hybridized carbons (Fsp3) is 0.160. The van der Waals surface area contributed by atoms with Crippen LogP contribution in [0.3, 0.4) is 0 Å². The number of fused-ring (bicyclic) bond motifs is 3. The highest BCUT2D eigenvalue weighted by Crippen LogP contribution is 2.35. The molecule has 0 bridgehead atoms. The summed E-state index contributed by atoms with van der Waals surface area (Å²) in [6, 6.07) is 16.1. The minimum absolute atomic E-state index is 0.0788. The Hall–Kier alpha value is -3.83. The number of carbonyl (C=O) groups excluding carboxylic acids is 3. The Bertz CT molecular complexity index is 1390. The van der Waals surface area contributed by atoms with Crippen molar-refractivity contribution in [3.8, 4) is 0 Å². The molecule has 0 aliphatic carbocycles. The standard InChI is InChI=1S/C25H20FN5O3S2/c26-17-8-2-4-10-19(17)28-22(33)14-36-25-29-18-9-3-1-7-16(18)23-30-24(34)20(31(23)25)12-21(32)27-13-15-6-5-11-35-15/h1-11,20H,12-14H2,(H,27,32)(H,28,33). The van der Waals surface area contributed by atoms with Crippen LogP contribution >= 0.6 is 23.1 Å². The van der Waals surface area contributed by atoms with Crippen LogP contribution in [0.5, 0.6) is 0 Å². The molecule has 36 heavy (non-hydrogen) atoms. The molecule has 0 spiro atoms. The van der Waals surface area contributed by atoms with Gasteiger partial charge in [-0.1, -0.05) is 42.1 Å². The first-order chi connectivity index (χ1) is 17.5. The van der Waals surface area contributed by atoms with E-state index in [1.807, 2.05) is 35.7 Å². The zero-order valence-corrected chi connectivity index (χ0v) is 20.4. The zero-order chi connectivity index (χ0) is 25.1.